The molecule has 0 aliphatic rings. The molecule has 98 heavy (non-hydrogen) atoms. The van der Waals surface area contributed by atoms with Crippen LogP contribution in [0.4, 0.5) is 0 Å². The molecule has 0 aliphatic carbocycles. The van der Waals surface area contributed by atoms with Crippen LogP contribution in [-0.2, 0) is 0 Å². The van der Waals surface area contributed by atoms with Crippen LogP contribution in [0.1, 0.15) is 16.7 Å². The van der Waals surface area contributed by atoms with Gasteiger partial charge >= 0.3 is 0 Å². The highest BCUT2D eigenvalue weighted by atomic mass is 15.0. The van der Waals surface area contributed by atoms with Crippen molar-refractivity contribution in [2.24, 2.45) is 0 Å². The van der Waals surface area contributed by atoms with Crippen LogP contribution < -0.4 is 0 Å². The molecular formula is C90H54N8. The lowest BCUT2D eigenvalue weighted by atomic mass is 9.93. The Morgan fingerprint density at radius 1 is 0.214 bits per heavy atom. The van der Waals surface area contributed by atoms with Gasteiger partial charge in [0.15, 0.2) is 17.5 Å². The van der Waals surface area contributed by atoms with Gasteiger partial charge in [-0.15, -0.1) is 0 Å². The standard InChI is InChI=1S/C90H54N8/c91-55-58-32-34-63(35-33-58)64-28-17-29-69(48-64)88-94-89(82-53-72(40-42-76(82)74-30-15-13-26-70(74)56-92)97-84-44-36-65(59-18-5-1-6-19-59)49-78(84)79-50-66(37-45-85(79)97)60-20-7-2-8-21-60)96-90(95-88)83-54-73(41-43-77(83)75-31-16-14-27-71(75)57-93)98-86-46-38-67(61-22-9-3-10-23-61)51-80(86)81-52-68(39-47-87(81)98)62-24-11-4-12-25-62/h1-54H. The zero-order valence-electron chi connectivity index (χ0n) is 52.8. The van der Waals surface area contributed by atoms with E-state index in [-0.39, 0.29) is 0 Å². The number of nitrogens with zero attached hydrogens (tertiary/aromatic N) is 8. The highest BCUT2D eigenvalue weighted by Gasteiger charge is 2.25. The maximum Gasteiger partial charge on any atom is 0.164 e. The second-order valence-corrected chi connectivity index (χ2v) is 24.4. The SMILES string of the molecule is N#Cc1ccc(-c2cccc(-c3nc(-c4cc(-n5c6ccc(-c7ccccc7)cc6c6cc(-c7ccccc7)ccc65)ccc4-c4ccccc4C#N)nc(-c4cc(-n5c6ccc(-c7ccccc7)cc6c6cc(-c7ccccc7)ccc65)ccc4-c4ccccc4C#N)n3)c2)cc1. The van der Waals surface area contributed by atoms with Crippen molar-refractivity contribution in [1.82, 2.24) is 24.1 Å². The third kappa shape index (κ3) is 10.4. The van der Waals surface area contributed by atoms with Gasteiger partial charge in [0.2, 0.25) is 0 Å². The highest BCUT2D eigenvalue weighted by Crippen LogP contribution is 2.45. The van der Waals surface area contributed by atoms with E-state index in [1.54, 1.807) is 0 Å². The smallest absolute Gasteiger partial charge is 0.164 e. The molecule has 3 heterocycles. The van der Waals surface area contributed by atoms with Gasteiger partial charge in [0.05, 0.1) is 57.0 Å². The van der Waals surface area contributed by atoms with E-state index in [0.29, 0.717) is 56.4 Å². The summed E-state index contributed by atoms with van der Waals surface area (Å²) in [5.74, 6) is 1.12. The van der Waals surface area contributed by atoms with Crippen LogP contribution in [0, 0.1) is 34.0 Å². The summed E-state index contributed by atoms with van der Waals surface area (Å²) in [5, 5.41) is 36.0. The molecule has 0 saturated carbocycles. The lowest BCUT2D eigenvalue weighted by molar-refractivity contribution is 1.07. The van der Waals surface area contributed by atoms with E-state index in [1.807, 2.05) is 115 Å². The summed E-state index contributed by atoms with van der Waals surface area (Å²) in [4.78, 5) is 16.9. The number of nitriles is 3. The van der Waals surface area contributed by atoms with E-state index in [1.165, 1.54) is 0 Å². The molecule has 454 valence electrons. The van der Waals surface area contributed by atoms with Gasteiger partial charge < -0.3 is 9.13 Å². The van der Waals surface area contributed by atoms with E-state index in [9.17, 15) is 15.8 Å². The Bertz CT molecular complexity index is 5610. The molecule has 14 aromatic carbocycles. The summed E-state index contributed by atoms with van der Waals surface area (Å²) in [7, 11) is 0. The third-order valence-corrected chi connectivity index (χ3v) is 18.7. The fraction of sp³-hybridized carbons (Fsp3) is 0. The minimum atomic E-state index is 0.362. The van der Waals surface area contributed by atoms with Crippen molar-refractivity contribution in [2.45, 2.75) is 0 Å². The Morgan fingerprint density at radius 3 is 0.908 bits per heavy atom. The van der Waals surface area contributed by atoms with Crippen molar-refractivity contribution >= 4 is 43.6 Å². The molecule has 0 spiro atoms. The lowest BCUT2D eigenvalue weighted by Crippen LogP contribution is -2.04. The predicted molar refractivity (Wildman–Crippen MR) is 397 cm³/mol. The molecule has 3 aromatic heterocycles. The maximum atomic E-state index is 10.9. The topological polar surface area (TPSA) is 120 Å². The Kier molecular flexibility index (Phi) is 14.5. The summed E-state index contributed by atoms with van der Waals surface area (Å²) in [6, 6.07) is 120. The number of rotatable bonds is 12. The summed E-state index contributed by atoms with van der Waals surface area (Å²) in [6.45, 7) is 0. The van der Waals surface area contributed by atoms with Crippen LogP contribution in [0.15, 0.2) is 328 Å². The van der Waals surface area contributed by atoms with Crippen molar-refractivity contribution < 1.29 is 0 Å². The Labute approximate surface area is 566 Å². The molecule has 8 heteroatoms. The van der Waals surface area contributed by atoms with E-state index in [2.05, 4.69) is 240 Å². The van der Waals surface area contributed by atoms with Crippen LogP contribution in [0.5, 0.6) is 0 Å². The van der Waals surface area contributed by atoms with Crippen LogP contribution in [-0.4, -0.2) is 24.1 Å². The molecule has 0 bridgehead atoms. The van der Waals surface area contributed by atoms with E-state index >= 15 is 0 Å². The Hall–Kier alpha value is -13.8. The van der Waals surface area contributed by atoms with Gasteiger partial charge in [0.1, 0.15) is 0 Å². The minimum absolute atomic E-state index is 0.362. The van der Waals surface area contributed by atoms with E-state index in [0.717, 1.165) is 127 Å². The predicted octanol–water partition coefficient (Wildman–Crippen LogP) is 22.4. The summed E-state index contributed by atoms with van der Waals surface area (Å²) in [5.41, 5.74) is 23.0. The zero-order chi connectivity index (χ0) is 65.6. The molecule has 0 radical (unpaired) electrons. The number of fused-ring (bicyclic) bond motifs is 6. The van der Waals surface area contributed by atoms with E-state index in [4.69, 9.17) is 15.0 Å². The molecular weight excluding hydrogens is 1190 g/mol. The monoisotopic (exact) mass is 1250 g/mol. The largest absolute Gasteiger partial charge is 0.309 e. The van der Waals surface area contributed by atoms with Crippen molar-refractivity contribution in [2.75, 3.05) is 0 Å². The number of aromatic nitrogens is 5. The van der Waals surface area contributed by atoms with Gasteiger partial charge in [-0.05, 0) is 170 Å². The van der Waals surface area contributed by atoms with Gasteiger partial charge in [-0.3, -0.25) is 0 Å². The van der Waals surface area contributed by atoms with Gasteiger partial charge in [-0.25, -0.2) is 15.0 Å². The van der Waals surface area contributed by atoms with Gasteiger partial charge in [0, 0.05) is 60.7 Å². The van der Waals surface area contributed by atoms with Crippen LogP contribution in [0.3, 0.4) is 0 Å². The van der Waals surface area contributed by atoms with Crippen molar-refractivity contribution in [3.05, 3.63) is 344 Å². The Balaban J connectivity index is 0.942. The normalized spacial score (nSPS) is 11.2. The summed E-state index contributed by atoms with van der Waals surface area (Å²) < 4.78 is 4.64. The molecule has 0 atom stereocenters. The molecule has 0 fully saturated rings. The molecule has 0 amide bonds. The van der Waals surface area contributed by atoms with Crippen LogP contribution in [0.25, 0.3) is 167 Å². The quantitative estimate of drug-likeness (QED) is 0.120. The molecule has 17 aromatic rings. The lowest BCUT2D eigenvalue weighted by Gasteiger charge is -2.18. The summed E-state index contributed by atoms with van der Waals surface area (Å²) in [6.07, 6.45) is 0. The second kappa shape index (κ2) is 24.6. The average molecular weight is 1250 g/mol. The van der Waals surface area contributed by atoms with Crippen LogP contribution >= 0.6 is 0 Å². The minimum Gasteiger partial charge on any atom is -0.309 e. The van der Waals surface area contributed by atoms with Gasteiger partial charge in [-0.2, -0.15) is 15.8 Å². The Morgan fingerprint density at radius 2 is 0.531 bits per heavy atom. The van der Waals surface area contributed by atoms with E-state index < -0.39 is 0 Å². The first-order valence-electron chi connectivity index (χ1n) is 32.5. The molecule has 0 unspecified atom stereocenters. The number of hydrogen-bond acceptors (Lipinski definition) is 6. The van der Waals surface area contributed by atoms with Gasteiger partial charge in [0.25, 0.3) is 0 Å². The first-order valence-corrected chi connectivity index (χ1v) is 32.5. The maximum absolute atomic E-state index is 10.9. The molecule has 0 saturated heterocycles. The number of hydrogen-bond donors (Lipinski definition) is 0. The highest BCUT2D eigenvalue weighted by molar-refractivity contribution is 6.13. The molecule has 0 aliphatic heterocycles. The van der Waals surface area contributed by atoms with Crippen molar-refractivity contribution in [3.63, 3.8) is 0 Å². The van der Waals surface area contributed by atoms with Gasteiger partial charge in [-0.1, -0.05) is 224 Å². The third-order valence-electron chi connectivity index (χ3n) is 18.7. The average Bonchev–Trinajstić information content (AvgIpc) is 1.53. The first-order chi connectivity index (χ1) is 48.4. The zero-order valence-corrected chi connectivity index (χ0v) is 52.8. The summed E-state index contributed by atoms with van der Waals surface area (Å²) >= 11 is 0. The fourth-order valence-corrected chi connectivity index (χ4v) is 14.0. The van der Waals surface area contributed by atoms with Crippen molar-refractivity contribution in [1.29, 1.82) is 15.8 Å². The molecule has 8 nitrogen and oxygen atoms in total. The number of benzene rings is 14. The molecule has 17 rings (SSSR count). The first kappa shape index (κ1) is 58.0. The fourth-order valence-electron chi connectivity index (χ4n) is 14.0. The van der Waals surface area contributed by atoms with Crippen LogP contribution in [0.2, 0.25) is 0 Å². The second-order valence-electron chi connectivity index (χ2n) is 24.4. The molecule has 0 N–H and O–H groups in total. The van der Waals surface area contributed by atoms with Crippen molar-refractivity contribution in [3.8, 4) is 142 Å².